The van der Waals surface area contributed by atoms with Gasteiger partial charge in [-0.1, -0.05) is 0 Å². The number of nitrogens with one attached hydrogen (secondary N) is 1. The summed E-state index contributed by atoms with van der Waals surface area (Å²) in [6, 6.07) is 9.74. The number of aromatic nitrogens is 1. The quantitative estimate of drug-likeness (QED) is 0.714. The molecule has 1 amide bonds. The molecular weight excluding hydrogens is 384 g/mol. The van der Waals surface area contributed by atoms with Crippen LogP contribution in [0, 0.1) is 11.3 Å². The fourth-order valence-electron chi connectivity index (χ4n) is 2.84. The predicted molar refractivity (Wildman–Crippen MR) is 103 cm³/mol. The van der Waals surface area contributed by atoms with Crippen molar-refractivity contribution in [3.05, 3.63) is 47.2 Å². The maximum Gasteiger partial charge on any atom is 0.238 e. The van der Waals surface area contributed by atoms with Gasteiger partial charge >= 0.3 is 0 Å². The number of pyridine rings is 1. The minimum atomic E-state index is -3.75. The number of fused-ring (bicyclic) bond motifs is 1. The van der Waals surface area contributed by atoms with Crippen LogP contribution in [0.1, 0.15) is 29.7 Å². The zero-order valence-corrected chi connectivity index (χ0v) is 16.1. The normalized spacial score (nSPS) is 13.0. The van der Waals surface area contributed by atoms with Crippen molar-refractivity contribution in [2.24, 2.45) is 5.14 Å². The Kier molecular flexibility index (Phi) is 5.79. The molecular formula is C18H18N4O3S2. The Morgan fingerprint density at radius 2 is 2.04 bits per heavy atom. The van der Waals surface area contributed by atoms with E-state index >= 15 is 0 Å². The van der Waals surface area contributed by atoms with Gasteiger partial charge in [0.25, 0.3) is 0 Å². The van der Waals surface area contributed by atoms with E-state index in [-0.39, 0.29) is 17.2 Å². The maximum absolute atomic E-state index is 12.1. The molecule has 0 aliphatic heterocycles. The molecule has 0 atom stereocenters. The molecule has 2 aromatic rings. The van der Waals surface area contributed by atoms with Crippen molar-refractivity contribution < 1.29 is 13.2 Å². The summed E-state index contributed by atoms with van der Waals surface area (Å²) in [5.74, 6) is 0.284. The van der Waals surface area contributed by atoms with E-state index in [4.69, 9.17) is 5.14 Å². The van der Waals surface area contributed by atoms with Gasteiger partial charge in [-0.15, -0.1) is 11.8 Å². The molecule has 0 unspecified atom stereocenters. The summed E-state index contributed by atoms with van der Waals surface area (Å²) < 4.78 is 22.4. The number of amides is 1. The Balaban J connectivity index is 1.55. The number of hydrogen-bond donors (Lipinski definition) is 2. The molecule has 0 fully saturated rings. The van der Waals surface area contributed by atoms with Crippen LogP contribution in [0.15, 0.2) is 40.3 Å². The van der Waals surface area contributed by atoms with E-state index in [1.807, 2.05) is 6.07 Å². The molecule has 3 rings (SSSR count). The lowest BCUT2D eigenvalue weighted by Gasteiger charge is -2.08. The van der Waals surface area contributed by atoms with E-state index in [2.05, 4.69) is 16.4 Å². The van der Waals surface area contributed by atoms with Gasteiger partial charge in [0.15, 0.2) is 0 Å². The van der Waals surface area contributed by atoms with E-state index in [1.54, 1.807) is 0 Å². The predicted octanol–water partition coefficient (Wildman–Crippen LogP) is 2.21. The van der Waals surface area contributed by atoms with E-state index in [9.17, 15) is 18.5 Å². The van der Waals surface area contributed by atoms with Gasteiger partial charge in [0, 0.05) is 23.6 Å². The number of nitrogens with zero attached hydrogens (tertiary/aromatic N) is 2. The summed E-state index contributed by atoms with van der Waals surface area (Å²) in [5, 5.41) is 17.7. The first kappa shape index (κ1) is 19.4. The molecule has 0 spiro atoms. The van der Waals surface area contributed by atoms with Crippen molar-refractivity contribution in [2.45, 2.75) is 35.6 Å². The number of carbonyl (C=O) groups is 1. The SMILES string of the molecule is N#Cc1cc2c(nc1SCCC(=O)Nc1ccc(S(N)(=O)=O)cc1)CCC2. The zero-order chi connectivity index (χ0) is 19.4. The minimum absolute atomic E-state index is 0.0113. The van der Waals surface area contributed by atoms with Gasteiger partial charge in [0.05, 0.1) is 10.5 Å². The number of rotatable bonds is 6. The number of sulfonamides is 1. The molecule has 1 aromatic carbocycles. The number of nitriles is 1. The topological polar surface area (TPSA) is 126 Å². The Morgan fingerprint density at radius 3 is 2.70 bits per heavy atom. The molecule has 3 N–H and O–H groups in total. The van der Waals surface area contributed by atoms with Gasteiger partial charge in [-0.2, -0.15) is 5.26 Å². The van der Waals surface area contributed by atoms with Gasteiger partial charge in [-0.25, -0.2) is 18.5 Å². The molecule has 0 bridgehead atoms. The third-order valence-electron chi connectivity index (χ3n) is 4.17. The number of hydrogen-bond acceptors (Lipinski definition) is 6. The van der Waals surface area contributed by atoms with Crippen LogP contribution >= 0.6 is 11.8 Å². The van der Waals surface area contributed by atoms with Crippen molar-refractivity contribution >= 4 is 33.4 Å². The van der Waals surface area contributed by atoms with Crippen LogP contribution in [0.5, 0.6) is 0 Å². The van der Waals surface area contributed by atoms with Crippen LogP contribution in [-0.2, 0) is 27.7 Å². The van der Waals surface area contributed by atoms with Crippen LogP contribution in [0.25, 0.3) is 0 Å². The van der Waals surface area contributed by atoms with Crippen LogP contribution < -0.4 is 10.5 Å². The highest BCUT2D eigenvalue weighted by atomic mass is 32.2. The second kappa shape index (κ2) is 8.08. The fourth-order valence-corrected chi connectivity index (χ4v) is 4.27. The first-order valence-electron chi connectivity index (χ1n) is 8.35. The number of anilines is 1. The third-order valence-corrected chi connectivity index (χ3v) is 6.09. The lowest BCUT2D eigenvalue weighted by Crippen LogP contribution is -2.14. The summed E-state index contributed by atoms with van der Waals surface area (Å²) >= 11 is 1.39. The molecule has 9 heteroatoms. The second-order valence-electron chi connectivity index (χ2n) is 6.13. The average Bonchev–Trinajstić information content (AvgIpc) is 3.08. The van der Waals surface area contributed by atoms with E-state index < -0.39 is 10.0 Å². The minimum Gasteiger partial charge on any atom is -0.326 e. The highest BCUT2D eigenvalue weighted by Gasteiger charge is 2.17. The Labute approximate surface area is 162 Å². The fraction of sp³-hybridized carbons (Fsp3) is 0.278. The highest BCUT2D eigenvalue weighted by molar-refractivity contribution is 7.99. The largest absolute Gasteiger partial charge is 0.326 e. The van der Waals surface area contributed by atoms with Gasteiger partial charge in [-0.3, -0.25) is 4.79 Å². The molecule has 7 nitrogen and oxygen atoms in total. The summed E-state index contributed by atoms with van der Waals surface area (Å²) in [6.07, 6.45) is 3.21. The summed E-state index contributed by atoms with van der Waals surface area (Å²) in [6.45, 7) is 0. The Morgan fingerprint density at radius 1 is 1.30 bits per heavy atom. The van der Waals surface area contributed by atoms with E-state index in [0.29, 0.717) is 22.0 Å². The number of carbonyl (C=O) groups excluding carboxylic acids is 1. The molecule has 1 aliphatic carbocycles. The van der Waals surface area contributed by atoms with Crippen molar-refractivity contribution in [2.75, 3.05) is 11.1 Å². The summed E-state index contributed by atoms with van der Waals surface area (Å²) in [4.78, 5) is 16.6. The van der Waals surface area contributed by atoms with E-state index in [1.165, 1.54) is 36.0 Å². The second-order valence-corrected chi connectivity index (χ2v) is 8.77. The van der Waals surface area contributed by atoms with Crippen molar-refractivity contribution in [1.29, 1.82) is 5.26 Å². The van der Waals surface area contributed by atoms with Crippen molar-refractivity contribution in [3.8, 4) is 6.07 Å². The first-order valence-corrected chi connectivity index (χ1v) is 10.9. The number of benzene rings is 1. The first-order chi connectivity index (χ1) is 12.9. The lowest BCUT2D eigenvalue weighted by atomic mass is 10.2. The van der Waals surface area contributed by atoms with Crippen molar-refractivity contribution in [1.82, 2.24) is 4.98 Å². The number of aryl methyl sites for hydroxylation is 2. The van der Waals surface area contributed by atoms with Crippen molar-refractivity contribution in [3.63, 3.8) is 0 Å². The third kappa shape index (κ3) is 4.86. The monoisotopic (exact) mass is 402 g/mol. The van der Waals surface area contributed by atoms with Gasteiger partial charge in [0.2, 0.25) is 15.9 Å². The highest BCUT2D eigenvalue weighted by Crippen LogP contribution is 2.28. The molecule has 0 radical (unpaired) electrons. The van der Waals surface area contributed by atoms with Crippen LogP contribution in [-0.4, -0.2) is 25.1 Å². The molecule has 27 heavy (non-hydrogen) atoms. The molecule has 1 heterocycles. The Bertz CT molecular complexity index is 1010. The summed E-state index contributed by atoms with van der Waals surface area (Å²) in [5.41, 5.74) is 3.25. The van der Waals surface area contributed by atoms with Crippen LogP contribution in [0.4, 0.5) is 5.69 Å². The van der Waals surface area contributed by atoms with Gasteiger partial charge < -0.3 is 5.32 Å². The van der Waals surface area contributed by atoms with Gasteiger partial charge in [-0.05, 0) is 55.2 Å². The average molecular weight is 403 g/mol. The number of thioether (sulfide) groups is 1. The van der Waals surface area contributed by atoms with Gasteiger partial charge in [0.1, 0.15) is 11.1 Å². The molecule has 1 aliphatic rings. The lowest BCUT2D eigenvalue weighted by molar-refractivity contribution is -0.115. The smallest absolute Gasteiger partial charge is 0.238 e. The maximum atomic E-state index is 12.1. The Hall–Kier alpha value is -2.41. The standard InChI is InChI=1S/C18H18N4O3S2/c19-11-13-10-12-2-1-3-16(12)22-18(13)26-9-8-17(23)21-14-4-6-15(7-5-14)27(20,24)25/h4-7,10H,1-3,8-9H2,(H,21,23)(H2,20,24,25). The van der Waals surface area contributed by atoms with Crippen LogP contribution in [0.2, 0.25) is 0 Å². The zero-order valence-electron chi connectivity index (χ0n) is 14.4. The molecule has 0 saturated heterocycles. The number of nitrogens with two attached hydrogens (primary N) is 1. The number of primary sulfonamides is 1. The summed E-state index contributed by atoms with van der Waals surface area (Å²) in [7, 11) is -3.75. The molecule has 0 saturated carbocycles. The van der Waals surface area contributed by atoms with Crippen LogP contribution in [0.3, 0.4) is 0 Å². The molecule has 140 valence electrons. The van der Waals surface area contributed by atoms with E-state index in [0.717, 1.165) is 30.5 Å². The molecule has 1 aromatic heterocycles.